The molecular formula is C14H10F3NO3. The van der Waals surface area contributed by atoms with Gasteiger partial charge in [-0.05, 0) is 19.1 Å². The number of benzene rings is 1. The third kappa shape index (κ3) is 2.81. The van der Waals surface area contributed by atoms with E-state index in [0.29, 0.717) is 0 Å². The van der Waals surface area contributed by atoms with Crippen LogP contribution >= 0.6 is 0 Å². The quantitative estimate of drug-likeness (QED) is 0.883. The Labute approximate surface area is 117 Å². The average Bonchev–Trinajstić information content (AvgIpc) is 2.40. The summed E-state index contributed by atoms with van der Waals surface area (Å²) in [7, 11) is 0. The van der Waals surface area contributed by atoms with E-state index in [1.165, 1.54) is 6.92 Å². The number of hydrogen-bond donors (Lipinski definition) is 1. The summed E-state index contributed by atoms with van der Waals surface area (Å²) in [5, 5.41) is 8.73. The summed E-state index contributed by atoms with van der Waals surface area (Å²) in [4.78, 5) is 22.3. The van der Waals surface area contributed by atoms with E-state index in [-0.39, 0.29) is 16.9 Å². The van der Waals surface area contributed by atoms with Gasteiger partial charge in [-0.3, -0.25) is 9.59 Å². The van der Waals surface area contributed by atoms with Crippen LogP contribution in [0.25, 0.3) is 5.69 Å². The first kappa shape index (κ1) is 14.8. The number of aryl methyl sites for hydroxylation is 1. The van der Waals surface area contributed by atoms with Crippen molar-refractivity contribution in [3.63, 3.8) is 0 Å². The zero-order valence-corrected chi connectivity index (χ0v) is 10.9. The third-order valence-electron chi connectivity index (χ3n) is 2.94. The summed E-state index contributed by atoms with van der Waals surface area (Å²) in [6.07, 6.45) is 0.561. The fourth-order valence-electron chi connectivity index (χ4n) is 1.93. The number of hydrogen-bond acceptors (Lipinski definition) is 2. The molecule has 1 heterocycles. The first-order valence-corrected chi connectivity index (χ1v) is 5.89. The first-order valence-electron chi connectivity index (χ1n) is 5.89. The number of carboxylic acid groups (broad SMARTS) is 1. The minimum atomic E-state index is -1.63. The van der Waals surface area contributed by atoms with Crippen LogP contribution in [0.4, 0.5) is 13.2 Å². The van der Waals surface area contributed by atoms with Crippen LogP contribution in [0.5, 0.6) is 0 Å². The molecule has 0 aliphatic rings. The molecule has 0 saturated heterocycles. The van der Waals surface area contributed by atoms with Crippen LogP contribution in [0.3, 0.4) is 0 Å². The van der Waals surface area contributed by atoms with E-state index >= 15 is 0 Å². The Kier molecular flexibility index (Phi) is 3.84. The molecule has 0 atom stereocenters. The molecule has 7 heteroatoms. The molecule has 4 nitrogen and oxygen atoms in total. The Bertz CT molecular complexity index is 784. The molecule has 2 rings (SSSR count). The topological polar surface area (TPSA) is 59.3 Å². The highest BCUT2D eigenvalue weighted by molar-refractivity contribution is 5.70. The van der Waals surface area contributed by atoms with Crippen molar-refractivity contribution < 1.29 is 23.1 Å². The molecule has 0 unspecified atom stereocenters. The van der Waals surface area contributed by atoms with Gasteiger partial charge in [0.05, 0.1) is 12.1 Å². The smallest absolute Gasteiger partial charge is 0.308 e. The number of rotatable bonds is 3. The van der Waals surface area contributed by atoms with Crippen molar-refractivity contribution in [1.29, 1.82) is 0 Å². The number of carboxylic acids is 1. The van der Waals surface area contributed by atoms with Gasteiger partial charge in [0.2, 0.25) is 0 Å². The lowest BCUT2D eigenvalue weighted by Crippen LogP contribution is -2.18. The van der Waals surface area contributed by atoms with Gasteiger partial charge in [-0.1, -0.05) is 0 Å². The second-order valence-corrected chi connectivity index (χ2v) is 4.44. The molecule has 0 spiro atoms. The van der Waals surface area contributed by atoms with Crippen molar-refractivity contribution in [3.8, 4) is 5.69 Å². The monoisotopic (exact) mass is 297 g/mol. The standard InChI is InChI=1S/C14H10F3NO3/c1-7-4-11(19)8(5-12(20)21)6-18(7)10-3-2-9(15)13(16)14(10)17/h2-4,6H,5H2,1H3,(H,20,21). The maximum absolute atomic E-state index is 13.8. The summed E-state index contributed by atoms with van der Waals surface area (Å²) < 4.78 is 41.1. The van der Waals surface area contributed by atoms with Gasteiger partial charge in [0, 0.05) is 23.5 Å². The number of aliphatic carboxylic acids is 1. The Balaban J connectivity index is 2.67. The van der Waals surface area contributed by atoms with E-state index in [2.05, 4.69) is 0 Å². The van der Waals surface area contributed by atoms with Crippen LogP contribution < -0.4 is 5.43 Å². The lowest BCUT2D eigenvalue weighted by molar-refractivity contribution is -0.136. The molecule has 0 radical (unpaired) electrons. The van der Waals surface area contributed by atoms with E-state index in [1.807, 2.05) is 0 Å². The summed E-state index contributed by atoms with van der Waals surface area (Å²) in [6.45, 7) is 1.46. The number of nitrogens with zero attached hydrogens (tertiary/aromatic N) is 1. The molecular weight excluding hydrogens is 287 g/mol. The Morgan fingerprint density at radius 1 is 1.24 bits per heavy atom. The van der Waals surface area contributed by atoms with E-state index in [1.54, 1.807) is 0 Å². The molecule has 110 valence electrons. The molecule has 1 N–H and O–H groups in total. The van der Waals surface area contributed by atoms with Gasteiger partial charge in [0.15, 0.2) is 22.9 Å². The summed E-state index contributed by atoms with van der Waals surface area (Å²) in [6, 6.07) is 2.87. The average molecular weight is 297 g/mol. The summed E-state index contributed by atoms with van der Waals surface area (Å²) in [5.41, 5.74) is -0.650. The lowest BCUT2D eigenvalue weighted by Gasteiger charge is -2.13. The lowest BCUT2D eigenvalue weighted by atomic mass is 10.1. The predicted molar refractivity (Wildman–Crippen MR) is 68.0 cm³/mol. The van der Waals surface area contributed by atoms with Gasteiger partial charge in [-0.25, -0.2) is 13.2 Å². The molecule has 0 aliphatic heterocycles. The highest BCUT2D eigenvalue weighted by Gasteiger charge is 2.16. The van der Waals surface area contributed by atoms with Gasteiger partial charge in [0.1, 0.15) is 0 Å². The van der Waals surface area contributed by atoms with Crippen molar-refractivity contribution in [3.05, 3.63) is 63.3 Å². The molecule has 0 bridgehead atoms. The largest absolute Gasteiger partial charge is 0.481 e. The normalized spacial score (nSPS) is 10.7. The summed E-state index contributed by atoms with van der Waals surface area (Å²) in [5.74, 6) is -5.61. The van der Waals surface area contributed by atoms with Gasteiger partial charge >= 0.3 is 5.97 Å². The van der Waals surface area contributed by atoms with Gasteiger partial charge in [-0.15, -0.1) is 0 Å². The van der Waals surface area contributed by atoms with Crippen molar-refractivity contribution in [1.82, 2.24) is 4.57 Å². The number of pyridine rings is 1. The molecule has 21 heavy (non-hydrogen) atoms. The molecule has 1 aromatic heterocycles. The second-order valence-electron chi connectivity index (χ2n) is 4.44. The van der Waals surface area contributed by atoms with E-state index in [0.717, 1.165) is 29.0 Å². The van der Waals surface area contributed by atoms with Gasteiger partial charge in [-0.2, -0.15) is 0 Å². The third-order valence-corrected chi connectivity index (χ3v) is 2.94. The van der Waals surface area contributed by atoms with Crippen LogP contribution in [-0.4, -0.2) is 15.6 Å². The first-order chi connectivity index (χ1) is 9.81. The van der Waals surface area contributed by atoms with Crippen molar-refractivity contribution >= 4 is 5.97 Å². The van der Waals surface area contributed by atoms with Crippen molar-refractivity contribution in [2.75, 3.05) is 0 Å². The van der Waals surface area contributed by atoms with E-state index in [4.69, 9.17) is 5.11 Å². The molecule has 0 amide bonds. The molecule has 0 fully saturated rings. The SMILES string of the molecule is Cc1cc(=O)c(CC(=O)O)cn1-c1ccc(F)c(F)c1F. The maximum atomic E-state index is 13.8. The minimum Gasteiger partial charge on any atom is -0.481 e. The van der Waals surface area contributed by atoms with Crippen LogP contribution in [-0.2, 0) is 11.2 Å². The zero-order valence-electron chi connectivity index (χ0n) is 10.9. The van der Waals surface area contributed by atoms with Gasteiger partial charge < -0.3 is 9.67 Å². The Morgan fingerprint density at radius 2 is 1.90 bits per heavy atom. The Morgan fingerprint density at radius 3 is 2.52 bits per heavy atom. The highest BCUT2D eigenvalue weighted by atomic mass is 19.2. The number of halogens is 3. The highest BCUT2D eigenvalue weighted by Crippen LogP contribution is 2.20. The number of carbonyl (C=O) groups is 1. The van der Waals surface area contributed by atoms with E-state index < -0.39 is 35.3 Å². The van der Waals surface area contributed by atoms with Crippen LogP contribution in [0, 0.1) is 24.4 Å². The van der Waals surface area contributed by atoms with Crippen LogP contribution in [0.15, 0.2) is 29.2 Å². The fourth-order valence-corrected chi connectivity index (χ4v) is 1.93. The van der Waals surface area contributed by atoms with Crippen molar-refractivity contribution in [2.24, 2.45) is 0 Å². The van der Waals surface area contributed by atoms with Gasteiger partial charge in [0.25, 0.3) is 0 Å². The molecule has 0 aliphatic carbocycles. The molecule has 2 aromatic rings. The number of aromatic nitrogens is 1. The van der Waals surface area contributed by atoms with E-state index in [9.17, 15) is 22.8 Å². The van der Waals surface area contributed by atoms with Crippen LogP contribution in [0.1, 0.15) is 11.3 Å². The second kappa shape index (κ2) is 5.43. The Hall–Kier alpha value is -2.57. The molecule has 0 saturated carbocycles. The zero-order chi connectivity index (χ0) is 15.7. The van der Waals surface area contributed by atoms with Crippen molar-refractivity contribution in [2.45, 2.75) is 13.3 Å². The predicted octanol–water partition coefficient (Wildman–Crippen LogP) is 2.19. The van der Waals surface area contributed by atoms with Crippen LogP contribution in [0.2, 0.25) is 0 Å². The minimum absolute atomic E-state index is 0.0859. The maximum Gasteiger partial charge on any atom is 0.308 e. The molecule has 1 aromatic carbocycles. The summed E-state index contributed by atoms with van der Waals surface area (Å²) >= 11 is 0. The fraction of sp³-hybridized carbons (Fsp3) is 0.143.